The summed E-state index contributed by atoms with van der Waals surface area (Å²) in [5.41, 5.74) is 0.219. The molecule has 0 aliphatic carbocycles. The molecule has 1 aromatic rings. The van der Waals surface area contributed by atoms with Gasteiger partial charge >= 0.3 is 0 Å². The molecule has 1 rings (SSSR count). The van der Waals surface area contributed by atoms with Crippen LogP contribution in [0.25, 0.3) is 0 Å². The fourth-order valence-electron chi connectivity index (χ4n) is 1.26. The van der Waals surface area contributed by atoms with E-state index in [1.54, 1.807) is 11.3 Å². The van der Waals surface area contributed by atoms with Gasteiger partial charge in [0.05, 0.1) is 15.6 Å². The third-order valence-corrected chi connectivity index (χ3v) is 3.79. The van der Waals surface area contributed by atoms with E-state index in [-0.39, 0.29) is 5.92 Å². The van der Waals surface area contributed by atoms with Gasteiger partial charge in [-0.2, -0.15) is 0 Å². The van der Waals surface area contributed by atoms with Crippen molar-refractivity contribution in [3.63, 3.8) is 0 Å². The summed E-state index contributed by atoms with van der Waals surface area (Å²) in [7, 11) is 0. The second-order valence-corrected chi connectivity index (χ2v) is 5.15. The van der Waals surface area contributed by atoms with Crippen LogP contribution < -0.4 is 0 Å². The molecule has 1 N–H and O–H groups in total. The standard InChI is InChI=1S/C10H17NOS/c1-6(2)10(5,12)9-7(3)11-8(4)13-9/h6,12H,1-5H3/t10-/m1/s1. The van der Waals surface area contributed by atoms with Crippen molar-refractivity contribution in [3.05, 3.63) is 15.6 Å². The maximum Gasteiger partial charge on any atom is 0.100 e. The van der Waals surface area contributed by atoms with Gasteiger partial charge in [0.25, 0.3) is 0 Å². The lowest BCUT2D eigenvalue weighted by Gasteiger charge is -2.26. The first-order valence-corrected chi connectivity index (χ1v) is 5.34. The number of hydrogen-bond donors (Lipinski definition) is 1. The maximum atomic E-state index is 10.2. The monoisotopic (exact) mass is 199 g/mol. The molecule has 3 heteroatoms. The summed E-state index contributed by atoms with van der Waals surface area (Å²) >= 11 is 1.59. The molecule has 0 aliphatic heterocycles. The largest absolute Gasteiger partial charge is 0.384 e. The highest BCUT2D eigenvalue weighted by Gasteiger charge is 2.31. The van der Waals surface area contributed by atoms with Crippen LogP contribution in [0.3, 0.4) is 0 Å². The quantitative estimate of drug-likeness (QED) is 0.794. The molecular weight excluding hydrogens is 182 g/mol. The summed E-state index contributed by atoms with van der Waals surface area (Å²) in [6.45, 7) is 9.83. The lowest BCUT2D eigenvalue weighted by atomic mass is 9.90. The van der Waals surface area contributed by atoms with Gasteiger partial charge in [-0.1, -0.05) is 13.8 Å². The molecule has 0 saturated heterocycles. The topological polar surface area (TPSA) is 33.1 Å². The molecule has 0 saturated carbocycles. The zero-order valence-corrected chi connectivity index (χ0v) is 9.70. The van der Waals surface area contributed by atoms with Crippen LogP contribution in [0.5, 0.6) is 0 Å². The molecule has 0 fully saturated rings. The first kappa shape index (κ1) is 10.7. The van der Waals surface area contributed by atoms with Crippen LogP contribution in [0.2, 0.25) is 0 Å². The van der Waals surface area contributed by atoms with E-state index in [0.717, 1.165) is 15.6 Å². The Morgan fingerprint density at radius 2 is 1.92 bits per heavy atom. The Labute approximate surface area is 83.6 Å². The highest BCUT2D eigenvalue weighted by atomic mass is 32.1. The molecule has 1 aromatic heterocycles. The summed E-state index contributed by atoms with van der Waals surface area (Å²) in [6.07, 6.45) is 0. The fraction of sp³-hybridized carbons (Fsp3) is 0.700. The Hall–Kier alpha value is -0.410. The molecule has 0 radical (unpaired) electrons. The number of aliphatic hydroxyl groups is 1. The molecule has 1 heterocycles. The van der Waals surface area contributed by atoms with E-state index < -0.39 is 5.60 Å². The van der Waals surface area contributed by atoms with Gasteiger partial charge < -0.3 is 5.11 Å². The molecule has 74 valence electrons. The first-order valence-electron chi connectivity index (χ1n) is 4.52. The molecular formula is C10H17NOS. The van der Waals surface area contributed by atoms with Crippen LogP contribution in [-0.4, -0.2) is 10.1 Å². The molecule has 2 nitrogen and oxygen atoms in total. The van der Waals surface area contributed by atoms with E-state index in [4.69, 9.17) is 0 Å². The highest BCUT2D eigenvalue weighted by Crippen LogP contribution is 2.34. The molecule has 0 unspecified atom stereocenters. The Morgan fingerprint density at radius 3 is 2.23 bits per heavy atom. The van der Waals surface area contributed by atoms with Gasteiger partial charge in [0.1, 0.15) is 5.60 Å². The van der Waals surface area contributed by atoms with Gasteiger partial charge in [-0.25, -0.2) is 4.98 Å². The molecule has 0 amide bonds. The minimum atomic E-state index is -0.740. The van der Waals surface area contributed by atoms with Crippen LogP contribution in [0, 0.1) is 19.8 Å². The highest BCUT2D eigenvalue weighted by molar-refractivity contribution is 7.11. The summed E-state index contributed by atoms with van der Waals surface area (Å²) < 4.78 is 0. The maximum absolute atomic E-state index is 10.2. The van der Waals surface area contributed by atoms with Crippen molar-refractivity contribution in [2.45, 2.75) is 40.2 Å². The normalized spacial score (nSPS) is 16.2. The summed E-state index contributed by atoms with van der Waals surface area (Å²) in [6, 6.07) is 0. The van der Waals surface area contributed by atoms with Gasteiger partial charge in [0.15, 0.2) is 0 Å². The van der Waals surface area contributed by atoms with E-state index in [2.05, 4.69) is 4.98 Å². The molecule has 0 spiro atoms. The zero-order valence-electron chi connectivity index (χ0n) is 8.88. The Balaban J connectivity index is 3.13. The average molecular weight is 199 g/mol. The van der Waals surface area contributed by atoms with E-state index in [1.807, 2.05) is 34.6 Å². The predicted molar refractivity (Wildman–Crippen MR) is 56.0 cm³/mol. The van der Waals surface area contributed by atoms with Crippen molar-refractivity contribution in [1.82, 2.24) is 4.98 Å². The summed E-state index contributed by atoms with van der Waals surface area (Å²) in [4.78, 5) is 5.32. The molecule has 0 aromatic carbocycles. The van der Waals surface area contributed by atoms with Gasteiger partial charge in [0, 0.05) is 0 Å². The predicted octanol–water partition coefficient (Wildman–Crippen LogP) is 2.62. The fourth-order valence-corrected chi connectivity index (χ4v) is 2.38. The minimum absolute atomic E-state index is 0.214. The van der Waals surface area contributed by atoms with Crippen molar-refractivity contribution in [1.29, 1.82) is 0 Å². The van der Waals surface area contributed by atoms with E-state index in [1.165, 1.54) is 0 Å². The number of hydrogen-bond acceptors (Lipinski definition) is 3. The second kappa shape index (κ2) is 3.39. The number of nitrogens with zero attached hydrogens (tertiary/aromatic N) is 1. The Bertz CT molecular complexity index is 302. The third-order valence-electron chi connectivity index (χ3n) is 2.49. The number of thiazole rings is 1. The van der Waals surface area contributed by atoms with Gasteiger partial charge in [-0.15, -0.1) is 11.3 Å². The second-order valence-electron chi connectivity index (χ2n) is 3.95. The smallest absolute Gasteiger partial charge is 0.100 e. The SMILES string of the molecule is Cc1nc(C)c([C@](C)(O)C(C)C)s1. The summed E-state index contributed by atoms with van der Waals surface area (Å²) in [5, 5.41) is 11.2. The van der Waals surface area contributed by atoms with Crippen molar-refractivity contribution in [2.75, 3.05) is 0 Å². The zero-order chi connectivity index (χ0) is 10.2. The molecule has 0 bridgehead atoms. The molecule has 13 heavy (non-hydrogen) atoms. The van der Waals surface area contributed by atoms with Crippen molar-refractivity contribution in [3.8, 4) is 0 Å². The van der Waals surface area contributed by atoms with E-state index >= 15 is 0 Å². The number of rotatable bonds is 2. The Kier molecular flexibility index (Phi) is 2.78. The number of aromatic nitrogens is 1. The van der Waals surface area contributed by atoms with Crippen LogP contribution in [0.4, 0.5) is 0 Å². The minimum Gasteiger partial charge on any atom is -0.384 e. The number of aryl methyl sites for hydroxylation is 2. The first-order chi connectivity index (χ1) is 5.85. The third kappa shape index (κ3) is 1.92. The van der Waals surface area contributed by atoms with Gasteiger partial charge in [0.2, 0.25) is 0 Å². The van der Waals surface area contributed by atoms with Crippen LogP contribution >= 0.6 is 11.3 Å². The molecule has 0 aliphatic rings. The van der Waals surface area contributed by atoms with Crippen LogP contribution in [0.15, 0.2) is 0 Å². The average Bonchev–Trinajstić information content (AvgIpc) is 2.30. The lowest BCUT2D eigenvalue weighted by molar-refractivity contribution is 0.0119. The van der Waals surface area contributed by atoms with Crippen molar-refractivity contribution in [2.24, 2.45) is 5.92 Å². The van der Waals surface area contributed by atoms with E-state index in [9.17, 15) is 5.11 Å². The van der Waals surface area contributed by atoms with Crippen molar-refractivity contribution < 1.29 is 5.11 Å². The van der Waals surface area contributed by atoms with Gasteiger partial charge in [-0.3, -0.25) is 0 Å². The van der Waals surface area contributed by atoms with E-state index in [0.29, 0.717) is 0 Å². The van der Waals surface area contributed by atoms with Crippen LogP contribution in [-0.2, 0) is 5.60 Å². The summed E-state index contributed by atoms with van der Waals surface area (Å²) in [5.74, 6) is 0.214. The lowest BCUT2D eigenvalue weighted by Crippen LogP contribution is -2.27. The molecule has 1 atom stereocenters. The van der Waals surface area contributed by atoms with Crippen LogP contribution in [0.1, 0.15) is 36.3 Å². The van der Waals surface area contributed by atoms with Crippen molar-refractivity contribution >= 4 is 11.3 Å². The van der Waals surface area contributed by atoms with Gasteiger partial charge in [-0.05, 0) is 26.7 Å². The Morgan fingerprint density at radius 1 is 1.38 bits per heavy atom.